The molecule has 52 valence electrons. The number of hydrogen-bond donors (Lipinski definition) is 1. The van der Waals surface area contributed by atoms with Crippen molar-refractivity contribution in [1.82, 2.24) is 5.32 Å². The van der Waals surface area contributed by atoms with Gasteiger partial charge in [0.05, 0.1) is 0 Å². The second-order valence-electron chi connectivity index (χ2n) is 2.27. The van der Waals surface area contributed by atoms with Crippen LogP contribution in [0.5, 0.6) is 0 Å². The summed E-state index contributed by atoms with van der Waals surface area (Å²) >= 11 is 0. The summed E-state index contributed by atoms with van der Waals surface area (Å²) in [6.07, 6.45) is 5.67. The molecule has 0 aromatic heterocycles. The molecule has 8 heavy (non-hydrogen) atoms. The van der Waals surface area contributed by atoms with Gasteiger partial charge < -0.3 is 5.32 Å². The molecule has 0 spiro atoms. The maximum atomic E-state index is 3.26. The van der Waals surface area contributed by atoms with Gasteiger partial charge in [-0.2, -0.15) is 13.5 Å². The topological polar surface area (TPSA) is 12.0 Å². The van der Waals surface area contributed by atoms with Gasteiger partial charge in [-0.25, -0.2) is 0 Å². The van der Waals surface area contributed by atoms with Crippen LogP contribution >= 0.6 is 13.5 Å². The molecule has 0 saturated heterocycles. The van der Waals surface area contributed by atoms with Crippen LogP contribution in [0.25, 0.3) is 0 Å². The molecule has 1 fully saturated rings. The fourth-order valence-electron chi connectivity index (χ4n) is 1.21. The molecule has 0 aliphatic heterocycles. The van der Waals surface area contributed by atoms with E-state index in [2.05, 4.69) is 12.4 Å². The summed E-state index contributed by atoms with van der Waals surface area (Å²) in [6, 6.07) is 0.847. The third kappa shape index (κ3) is 2.05. The van der Waals surface area contributed by atoms with Gasteiger partial charge in [0.2, 0.25) is 0 Å². The van der Waals surface area contributed by atoms with Crippen molar-refractivity contribution in [3.63, 3.8) is 0 Å². The highest BCUT2D eigenvalue weighted by atomic mass is 32.1. The zero-order chi connectivity index (χ0) is 5.11. The third-order valence-corrected chi connectivity index (χ3v) is 1.76. The van der Waals surface area contributed by atoms with Crippen molar-refractivity contribution >= 4 is 13.5 Å². The highest BCUT2D eigenvalue weighted by Gasteiger charge is 2.10. The van der Waals surface area contributed by atoms with Crippen LogP contribution in [-0.2, 0) is 0 Å². The van der Waals surface area contributed by atoms with E-state index >= 15 is 0 Å². The summed E-state index contributed by atoms with van der Waals surface area (Å²) in [5, 5.41) is 3.26. The molecule has 0 unspecified atom stereocenters. The first-order chi connectivity index (χ1) is 3.43. The Morgan fingerprint density at radius 2 is 1.88 bits per heavy atom. The van der Waals surface area contributed by atoms with Gasteiger partial charge in [-0.1, -0.05) is 12.8 Å². The fourth-order valence-corrected chi connectivity index (χ4v) is 1.21. The van der Waals surface area contributed by atoms with Crippen LogP contribution in [0.15, 0.2) is 0 Å². The van der Waals surface area contributed by atoms with E-state index < -0.39 is 0 Å². The Kier molecular flexibility index (Phi) is 4.38. The highest BCUT2D eigenvalue weighted by Crippen LogP contribution is 2.16. The van der Waals surface area contributed by atoms with Gasteiger partial charge in [0.1, 0.15) is 0 Å². The van der Waals surface area contributed by atoms with Gasteiger partial charge in [0.15, 0.2) is 0 Å². The summed E-state index contributed by atoms with van der Waals surface area (Å²) in [7, 11) is 2.05. The molecule has 1 aliphatic carbocycles. The van der Waals surface area contributed by atoms with Gasteiger partial charge in [0, 0.05) is 7.47 Å². The summed E-state index contributed by atoms with van der Waals surface area (Å²) < 4.78 is 0. The largest absolute Gasteiger partial charge is 0.317 e. The lowest BCUT2D eigenvalue weighted by Crippen LogP contribution is -2.20. The van der Waals surface area contributed by atoms with Crippen LogP contribution in [0.2, 0.25) is 0 Å². The average Bonchev–Trinajstić information content (AvgIpc) is 2.14. The zero-order valence-electron chi connectivity index (χ0n) is 5.41. The molecule has 0 atom stereocenters. The predicted molar refractivity (Wildman–Crippen MR) is 43.8 cm³/mol. The molecule has 1 aliphatic rings. The van der Waals surface area contributed by atoms with Gasteiger partial charge in [-0.15, -0.1) is 0 Å². The number of hydrogen-bond acceptors (Lipinski definition) is 1. The Morgan fingerprint density at radius 1 is 1.38 bits per heavy atom. The van der Waals surface area contributed by atoms with E-state index in [0.29, 0.717) is 0 Å². The first-order valence-electron chi connectivity index (χ1n) is 3.11. The van der Waals surface area contributed by atoms with Crippen LogP contribution in [-0.4, -0.2) is 13.1 Å². The van der Waals surface area contributed by atoms with Gasteiger partial charge in [-0.05, 0) is 19.9 Å². The molecule has 1 N–H and O–H groups in total. The van der Waals surface area contributed by atoms with Gasteiger partial charge >= 0.3 is 0 Å². The lowest BCUT2D eigenvalue weighted by atomic mass is 10.3. The molecular formula is C6H17NS. The minimum Gasteiger partial charge on any atom is -0.317 e. The highest BCUT2D eigenvalue weighted by molar-refractivity contribution is 7.59. The smallest absolute Gasteiger partial charge is 0.00640 e. The maximum absolute atomic E-state index is 3.26. The Labute approximate surface area is 59.8 Å². The molecule has 0 aromatic rings. The van der Waals surface area contributed by atoms with Crippen molar-refractivity contribution in [3.8, 4) is 0 Å². The quantitative estimate of drug-likeness (QED) is 0.574. The second kappa shape index (κ2) is 4.21. The molecule has 0 amide bonds. The van der Waals surface area contributed by atoms with Crippen molar-refractivity contribution in [2.45, 2.75) is 31.7 Å². The first-order valence-corrected chi connectivity index (χ1v) is 3.11. The molecule has 1 saturated carbocycles. The maximum Gasteiger partial charge on any atom is 0.00640 e. The van der Waals surface area contributed by atoms with Crippen molar-refractivity contribution in [1.29, 1.82) is 0 Å². The molecule has 0 aromatic carbocycles. The lowest BCUT2D eigenvalue weighted by Gasteiger charge is -2.03. The van der Waals surface area contributed by atoms with E-state index in [0.717, 1.165) is 6.04 Å². The molecule has 0 radical (unpaired) electrons. The van der Waals surface area contributed by atoms with Crippen LogP contribution in [0.3, 0.4) is 0 Å². The summed E-state index contributed by atoms with van der Waals surface area (Å²) in [6.45, 7) is 0. The summed E-state index contributed by atoms with van der Waals surface area (Å²) in [4.78, 5) is 0. The molecule has 2 heteroatoms. The molecule has 0 bridgehead atoms. The monoisotopic (exact) mass is 135 g/mol. The standard InChI is InChI=1S/C6H13N.H2S.H2/c1-7-6-4-2-3-5-6;;/h6-7H,2-5H2,1H3;1H2;1H. The summed E-state index contributed by atoms with van der Waals surface area (Å²) in [5.41, 5.74) is 0. The van der Waals surface area contributed by atoms with E-state index in [4.69, 9.17) is 0 Å². The fraction of sp³-hybridized carbons (Fsp3) is 1.00. The van der Waals surface area contributed by atoms with Crippen molar-refractivity contribution < 1.29 is 1.43 Å². The molecular weight excluding hydrogens is 118 g/mol. The normalized spacial score (nSPS) is 20.6. The average molecular weight is 135 g/mol. The SMILES string of the molecule is CNC1CCCC1.S.[HH]. The molecule has 0 heterocycles. The Bertz CT molecular complexity index is 55.0. The van der Waals surface area contributed by atoms with E-state index in [-0.39, 0.29) is 14.9 Å². The predicted octanol–water partition coefficient (Wildman–Crippen LogP) is 1.51. The van der Waals surface area contributed by atoms with Crippen molar-refractivity contribution in [2.24, 2.45) is 0 Å². The van der Waals surface area contributed by atoms with Crippen LogP contribution in [0, 0.1) is 0 Å². The van der Waals surface area contributed by atoms with Crippen molar-refractivity contribution in [2.75, 3.05) is 7.05 Å². The minimum absolute atomic E-state index is 0. The zero-order valence-corrected chi connectivity index (χ0v) is 6.41. The van der Waals surface area contributed by atoms with Crippen LogP contribution in [0.1, 0.15) is 27.1 Å². The van der Waals surface area contributed by atoms with E-state index in [9.17, 15) is 0 Å². The van der Waals surface area contributed by atoms with E-state index in [1.165, 1.54) is 25.7 Å². The lowest BCUT2D eigenvalue weighted by molar-refractivity contribution is 0.582. The molecule has 1 rings (SSSR count). The Balaban J connectivity index is 0. The number of nitrogens with one attached hydrogen (secondary N) is 1. The van der Waals surface area contributed by atoms with Crippen LogP contribution < -0.4 is 5.32 Å². The summed E-state index contributed by atoms with van der Waals surface area (Å²) in [5.74, 6) is 0. The van der Waals surface area contributed by atoms with Crippen molar-refractivity contribution in [3.05, 3.63) is 0 Å². The van der Waals surface area contributed by atoms with Gasteiger partial charge in [0.25, 0.3) is 0 Å². The Morgan fingerprint density at radius 3 is 2.12 bits per heavy atom. The van der Waals surface area contributed by atoms with Crippen LogP contribution in [0.4, 0.5) is 0 Å². The third-order valence-electron chi connectivity index (χ3n) is 1.76. The Hall–Kier alpha value is 0.310. The van der Waals surface area contributed by atoms with Gasteiger partial charge in [-0.3, -0.25) is 0 Å². The van der Waals surface area contributed by atoms with E-state index in [1.54, 1.807) is 0 Å². The second-order valence-corrected chi connectivity index (χ2v) is 2.27. The van der Waals surface area contributed by atoms with E-state index in [1.807, 2.05) is 0 Å². The minimum atomic E-state index is 0. The first kappa shape index (κ1) is 8.31. The number of rotatable bonds is 1. The molecule has 1 nitrogen and oxygen atoms in total.